The van der Waals surface area contributed by atoms with Crippen LogP contribution in [0, 0.1) is 23.3 Å². The van der Waals surface area contributed by atoms with Crippen LogP contribution in [0.4, 0.5) is 26.3 Å². The smallest absolute Gasteiger partial charge is 0.333 e. The number of hydrogen-bond acceptors (Lipinski definition) is 3. The zero-order valence-corrected chi connectivity index (χ0v) is 15.5. The maximum absolute atomic E-state index is 14.5. The van der Waals surface area contributed by atoms with Crippen LogP contribution in [0.15, 0.2) is 52.1 Å². The van der Waals surface area contributed by atoms with E-state index in [4.69, 9.17) is 0 Å². The van der Waals surface area contributed by atoms with Crippen LogP contribution in [0.3, 0.4) is 0 Å². The summed E-state index contributed by atoms with van der Waals surface area (Å²) in [5.41, 5.74) is -3.10. The van der Waals surface area contributed by atoms with Gasteiger partial charge in [0.1, 0.15) is 12.3 Å². The molecule has 3 rings (SSSR count). The Morgan fingerprint density at radius 1 is 0.710 bits per heavy atom. The van der Waals surface area contributed by atoms with E-state index >= 15 is 0 Å². The van der Waals surface area contributed by atoms with Crippen molar-refractivity contribution in [3.63, 3.8) is 0 Å². The lowest BCUT2D eigenvalue weighted by Gasteiger charge is -2.16. The predicted molar refractivity (Wildman–Crippen MR) is 97.0 cm³/mol. The second kappa shape index (κ2) is 8.70. The first kappa shape index (κ1) is 22.2. The van der Waals surface area contributed by atoms with Crippen molar-refractivity contribution in [3.05, 3.63) is 97.7 Å². The monoisotopic (exact) mass is 444 g/mol. The molecule has 0 aliphatic carbocycles. The first-order valence-corrected chi connectivity index (χ1v) is 8.80. The van der Waals surface area contributed by atoms with Gasteiger partial charge in [-0.15, -0.1) is 0 Å². The topological polar surface area (TPSA) is 64.2 Å². The van der Waals surface area contributed by atoms with Gasteiger partial charge in [0, 0.05) is 0 Å². The maximum atomic E-state index is 14.5. The van der Waals surface area contributed by atoms with Gasteiger partial charge < -0.3 is 5.11 Å². The van der Waals surface area contributed by atoms with Crippen LogP contribution in [0.5, 0.6) is 5.88 Å². The van der Waals surface area contributed by atoms with E-state index in [1.807, 2.05) is 0 Å². The lowest BCUT2D eigenvalue weighted by atomic mass is 10.1. The summed E-state index contributed by atoms with van der Waals surface area (Å²) in [4.78, 5) is 24.6. The molecular formula is C20H14F6N2O3. The summed E-state index contributed by atoms with van der Waals surface area (Å²) in [6.45, 7) is -1.82. The highest BCUT2D eigenvalue weighted by atomic mass is 19.2. The van der Waals surface area contributed by atoms with Crippen LogP contribution in [0.2, 0.25) is 0 Å². The fourth-order valence-corrected chi connectivity index (χ4v) is 2.89. The molecule has 0 saturated carbocycles. The van der Waals surface area contributed by atoms with Gasteiger partial charge in [-0.1, -0.05) is 12.1 Å². The molecule has 11 heteroatoms. The molecule has 0 bridgehead atoms. The quantitative estimate of drug-likeness (QED) is 0.590. The second-order valence-corrected chi connectivity index (χ2v) is 6.63. The van der Waals surface area contributed by atoms with Crippen molar-refractivity contribution in [2.45, 2.75) is 25.4 Å². The fraction of sp³-hybridized carbons (Fsp3) is 0.200. The minimum absolute atomic E-state index is 0.337. The first-order chi connectivity index (χ1) is 14.6. The Kier molecular flexibility index (Phi) is 6.23. The van der Waals surface area contributed by atoms with Crippen LogP contribution in [-0.4, -0.2) is 14.2 Å². The van der Waals surface area contributed by atoms with Crippen LogP contribution in [-0.2, 0) is 13.1 Å². The summed E-state index contributed by atoms with van der Waals surface area (Å²) in [6.07, 6.45) is -4.19. The highest BCUT2D eigenvalue weighted by Gasteiger charge is 2.21. The van der Waals surface area contributed by atoms with Crippen molar-refractivity contribution in [1.29, 1.82) is 0 Å². The Morgan fingerprint density at radius 2 is 1.16 bits per heavy atom. The zero-order chi connectivity index (χ0) is 22.9. The molecule has 0 saturated heterocycles. The second-order valence-electron chi connectivity index (χ2n) is 6.63. The molecule has 1 N–H and O–H groups in total. The van der Waals surface area contributed by atoms with Gasteiger partial charge in [-0.3, -0.25) is 13.9 Å². The minimum Gasteiger partial charge on any atom is -0.494 e. The molecular weight excluding hydrogens is 430 g/mol. The molecule has 5 nitrogen and oxygen atoms in total. The molecule has 0 unspecified atom stereocenters. The number of nitrogens with zero attached hydrogens (tertiary/aromatic N) is 2. The summed E-state index contributed by atoms with van der Waals surface area (Å²) >= 11 is 0. The van der Waals surface area contributed by atoms with Gasteiger partial charge in [0.2, 0.25) is 5.88 Å². The Bertz CT molecular complexity index is 1240. The van der Waals surface area contributed by atoms with Crippen molar-refractivity contribution < 1.29 is 31.4 Å². The molecule has 0 aliphatic heterocycles. The average molecular weight is 444 g/mol. The molecule has 3 aromatic rings. The average Bonchev–Trinajstić information content (AvgIpc) is 2.72. The van der Waals surface area contributed by atoms with Gasteiger partial charge in [-0.05, 0) is 35.4 Å². The number of aromatic nitrogens is 2. The number of alkyl halides is 2. The van der Waals surface area contributed by atoms with Crippen LogP contribution >= 0.6 is 0 Å². The summed E-state index contributed by atoms with van der Waals surface area (Å²) in [5.74, 6) is -6.02. The van der Waals surface area contributed by atoms with Crippen molar-refractivity contribution in [2.24, 2.45) is 0 Å². The molecule has 0 radical (unpaired) electrons. The Labute approximate surface area is 170 Å². The standard InChI is InChI=1S/C20H14F6N2O3/c21-12-3-1-10(5-14(12)23)16(25)8-27-18(29)7-19(30)28(20(27)31)9-17(26)11-2-4-13(22)15(24)6-11/h1-7,16-17,29H,8-9H2/t16-,17-/m1/s1. The molecule has 0 amide bonds. The van der Waals surface area contributed by atoms with Crippen molar-refractivity contribution >= 4 is 0 Å². The summed E-state index contributed by atoms with van der Waals surface area (Å²) < 4.78 is 82.5. The zero-order valence-electron chi connectivity index (χ0n) is 15.5. The van der Waals surface area contributed by atoms with Gasteiger partial charge in [0.15, 0.2) is 23.3 Å². The van der Waals surface area contributed by atoms with E-state index in [9.17, 15) is 41.0 Å². The van der Waals surface area contributed by atoms with Gasteiger partial charge >= 0.3 is 5.69 Å². The molecule has 1 aromatic heterocycles. The van der Waals surface area contributed by atoms with E-state index in [2.05, 4.69) is 0 Å². The highest BCUT2D eigenvalue weighted by Crippen LogP contribution is 2.23. The van der Waals surface area contributed by atoms with Gasteiger partial charge in [0.25, 0.3) is 5.56 Å². The third kappa shape index (κ3) is 4.65. The summed E-state index contributed by atoms with van der Waals surface area (Å²) in [6, 6.07) is 4.87. The predicted octanol–water partition coefficient (Wildman–Crippen LogP) is 3.69. The number of rotatable bonds is 6. The van der Waals surface area contributed by atoms with E-state index in [1.165, 1.54) is 0 Å². The molecule has 2 aromatic carbocycles. The molecule has 2 atom stereocenters. The largest absolute Gasteiger partial charge is 0.494 e. The first-order valence-electron chi connectivity index (χ1n) is 8.80. The number of benzene rings is 2. The summed E-state index contributed by atoms with van der Waals surface area (Å²) in [5, 5.41) is 9.87. The Balaban J connectivity index is 1.92. The van der Waals surface area contributed by atoms with E-state index in [-0.39, 0.29) is 11.1 Å². The van der Waals surface area contributed by atoms with Gasteiger partial charge in [-0.2, -0.15) is 0 Å². The molecule has 164 valence electrons. The highest BCUT2D eigenvalue weighted by molar-refractivity contribution is 5.22. The SMILES string of the molecule is O=c1cc(O)n(C[C@@H](F)c2ccc(F)c(F)c2)c(=O)n1C[C@@H](F)c1ccc(F)c(F)c1. The van der Waals surface area contributed by atoms with Gasteiger partial charge in [-0.25, -0.2) is 31.1 Å². The Morgan fingerprint density at radius 3 is 1.61 bits per heavy atom. The van der Waals surface area contributed by atoms with Crippen molar-refractivity contribution in [1.82, 2.24) is 9.13 Å². The molecule has 0 aliphatic rings. The Hall–Kier alpha value is -3.50. The van der Waals surface area contributed by atoms with Crippen molar-refractivity contribution in [3.8, 4) is 5.88 Å². The normalized spacial score (nSPS) is 13.2. The van der Waals surface area contributed by atoms with E-state index in [0.29, 0.717) is 39.5 Å². The third-order valence-electron chi connectivity index (χ3n) is 4.55. The van der Waals surface area contributed by atoms with Gasteiger partial charge in [0.05, 0.1) is 19.2 Å². The number of hydrogen-bond donors (Lipinski definition) is 1. The van der Waals surface area contributed by atoms with E-state index < -0.39 is 65.8 Å². The van der Waals surface area contributed by atoms with Crippen LogP contribution in [0.1, 0.15) is 23.5 Å². The third-order valence-corrected chi connectivity index (χ3v) is 4.55. The number of aromatic hydroxyl groups is 1. The molecule has 1 heterocycles. The van der Waals surface area contributed by atoms with Crippen LogP contribution < -0.4 is 11.2 Å². The maximum Gasteiger partial charge on any atom is 0.333 e. The minimum atomic E-state index is -2.11. The lowest BCUT2D eigenvalue weighted by molar-refractivity contribution is 0.260. The van der Waals surface area contributed by atoms with E-state index in [1.54, 1.807) is 0 Å². The number of halogens is 6. The lowest BCUT2D eigenvalue weighted by Crippen LogP contribution is -2.40. The fourth-order valence-electron chi connectivity index (χ4n) is 2.89. The molecule has 31 heavy (non-hydrogen) atoms. The van der Waals surface area contributed by atoms with Crippen LogP contribution in [0.25, 0.3) is 0 Å². The molecule has 0 fully saturated rings. The summed E-state index contributed by atoms with van der Waals surface area (Å²) in [7, 11) is 0. The van der Waals surface area contributed by atoms with E-state index in [0.717, 1.165) is 12.1 Å². The van der Waals surface area contributed by atoms with Crippen molar-refractivity contribution in [2.75, 3.05) is 0 Å². The molecule has 0 spiro atoms.